The molecule has 10 nitrogen and oxygen atoms in total. The van der Waals surface area contributed by atoms with Crippen molar-refractivity contribution in [3.8, 4) is 6.01 Å². The normalized spacial score (nSPS) is 17.8. The Morgan fingerprint density at radius 1 is 1.10 bits per heavy atom. The zero-order chi connectivity index (χ0) is 21.6. The van der Waals surface area contributed by atoms with Gasteiger partial charge in [0.2, 0.25) is 5.91 Å². The highest BCUT2D eigenvalue weighted by Crippen LogP contribution is 2.32. The van der Waals surface area contributed by atoms with Crippen LogP contribution in [0.3, 0.4) is 0 Å². The molecule has 1 saturated carbocycles. The summed E-state index contributed by atoms with van der Waals surface area (Å²) in [4.78, 5) is 45.9. The number of carbonyl (C=O) groups is 1. The summed E-state index contributed by atoms with van der Waals surface area (Å²) in [5.41, 5.74) is -0.0849. The first-order valence-corrected chi connectivity index (χ1v) is 10.5. The lowest BCUT2D eigenvalue weighted by atomic mass is 10.1. The van der Waals surface area contributed by atoms with Gasteiger partial charge >= 0.3 is 5.69 Å². The monoisotopic (exact) mass is 418 g/mol. The molecule has 0 atom stereocenters. The molecular formula is C20H30N6O4. The molecule has 4 rings (SSSR count). The molecule has 1 aliphatic heterocycles. The number of likely N-dealkylation sites (N-methyl/N-ethyl adjacent to an activating group) is 1. The Labute approximate surface area is 174 Å². The molecule has 0 unspecified atom stereocenters. The number of likely N-dealkylation sites (tertiary alicyclic amines) is 1. The Hall–Kier alpha value is -2.62. The number of aromatic nitrogens is 4. The fraction of sp³-hybridized carbons (Fsp3) is 0.700. The number of amides is 1. The highest BCUT2D eigenvalue weighted by atomic mass is 16.5. The Bertz CT molecular complexity index is 1070. The molecule has 1 aliphatic carbocycles. The van der Waals surface area contributed by atoms with Crippen molar-refractivity contribution in [2.75, 3.05) is 33.7 Å². The topological polar surface area (TPSA) is 94.6 Å². The minimum absolute atomic E-state index is 0.0796. The quantitative estimate of drug-likeness (QED) is 0.644. The maximum Gasteiger partial charge on any atom is 0.332 e. The van der Waals surface area contributed by atoms with Crippen molar-refractivity contribution in [3.05, 3.63) is 20.8 Å². The lowest BCUT2D eigenvalue weighted by Gasteiger charge is -2.32. The van der Waals surface area contributed by atoms with Crippen LogP contribution in [0.25, 0.3) is 11.2 Å². The van der Waals surface area contributed by atoms with Crippen molar-refractivity contribution in [2.24, 2.45) is 20.0 Å². The van der Waals surface area contributed by atoms with Gasteiger partial charge in [0.05, 0.1) is 0 Å². The van der Waals surface area contributed by atoms with Crippen LogP contribution in [0.4, 0.5) is 0 Å². The van der Waals surface area contributed by atoms with E-state index in [1.807, 2.05) is 23.9 Å². The summed E-state index contributed by atoms with van der Waals surface area (Å²) in [5, 5.41) is 0. The molecule has 0 bridgehead atoms. The molecule has 10 heteroatoms. The summed E-state index contributed by atoms with van der Waals surface area (Å²) < 4.78 is 10.5. The van der Waals surface area contributed by atoms with E-state index in [2.05, 4.69) is 4.98 Å². The largest absolute Gasteiger partial charge is 0.461 e. The number of hydrogen-bond donors (Lipinski definition) is 0. The molecule has 2 aromatic rings. The molecular weight excluding hydrogens is 388 g/mol. The highest BCUT2D eigenvalue weighted by Gasteiger charge is 2.35. The Balaban J connectivity index is 1.61. The van der Waals surface area contributed by atoms with Gasteiger partial charge in [0.25, 0.3) is 11.6 Å². The van der Waals surface area contributed by atoms with Crippen molar-refractivity contribution < 1.29 is 9.53 Å². The fourth-order valence-electron chi connectivity index (χ4n) is 3.96. The van der Waals surface area contributed by atoms with Crippen LogP contribution in [-0.4, -0.2) is 74.2 Å². The van der Waals surface area contributed by atoms with E-state index < -0.39 is 5.69 Å². The molecule has 3 heterocycles. The van der Waals surface area contributed by atoms with Gasteiger partial charge < -0.3 is 14.5 Å². The van der Waals surface area contributed by atoms with Gasteiger partial charge in [0.15, 0.2) is 11.2 Å². The van der Waals surface area contributed by atoms with E-state index in [0.29, 0.717) is 43.4 Å². The average Bonchev–Trinajstić information content (AvgIpc) is 3.51. The summed E-state index contributed by atoms with van der Waals surface area (Å²) in [7, 11) is 7.00. The van der Waals surface area contributed by atoms with Crippen LogP contribution in [0.1, 0.15) is 25.7 Å². The van der Waals surface area contributed by atoms with Crippen molar-refractivity contribution in [3.63, 3.8) is 0 Å². The molecule has 1 amide bonds. The first-order valence-electron chi connectivity index (χ1n) is 10.5. The lowest BCUT2D eigenvalue weighted by Crippen LogP contribution is -2.42. The van der Waals surface area contributed by atoms with Crippen molar-refractivity contribution >= 4 is 17.1 Å². The van der Waals surface area contributed by atoms with Crippen LogP contribution in [0.5, 0.6) is 6.01 Å². The second kappa shape index (κ2) is 7.90. The first kappa shape index (κ1) is 20.6. The molecule has 0 aromatic carbocycles. The third-order valence-electron chi connectivity index (χ3n) is 6.04. The lowest BCUT2D eigenvalue weighted by molar-refractivity contribution is -0.134. The zero-order valence-electron chi connectivity index (χ0n) is 18.1. The van der Waals surface area contributed by atoms with Gasteiger partial charge in [-0.15, -0.1) is 0 Å². The van der Waals surface area contributed by atoms with Gasteiger partial charge in [-0.3, -0.25) is 23.3 Å². The number of imidazole rings is 1. The number of rotatable bonds is 6. The van der Waals surface area contributed by atoms with E-state index in [1.54, 1.807) is 11.6 Å². The maximum absolute atomic E-state index is 12.8. The molecule has 2 fully saturated rings. The highest BCUT2D eigenvalue weighted by molar-refractivity contribution is 5.81. The second-order valence-corrected chi connectivity index (χ2v) is 8.64. The third kappa shape index (κ3) is 3.76. The van der Waals surface area contributed by atoms with Crippen molar-refractivity contribution in [2.45, 2.75) is 38.3 Å². The number of ether oxygens (including phenoxy) is 1. The molecule has 0 radical (unpaired) electrons. The van der Waals surface area contributed by atoms with Crippen molar-refractivity contribution in [1.82, 2.24) is 28.5 Å². The Kier molecular flexibility index (Phi) is 5.44. The van der Waals surface area contributed by atoms with Crippen molar-refractivity contribution in [1.29, 1.82) is 0 Å². The number of nitrogens with zero attached hydrogens (tertiary/aromatic N) is 6. The number of carbonyl (C=O) groups excluding carboxylic acids is 1. The standard InChI is InChI=1S/C20H30N6O4/c1-22(2)11-12-26-15-16(23(3)20(29)24(4)18(15)28)21-19(26)30-14-7-9-25(10-8-14)17(27)13-5-6-13/h13-14H,5-12H2,1-4H3. The summed E-state index contributed by atoms with van der Waals surface area (Å²) in [6.07, 6.45) is 3.40. The van der Waals surface area contributed by atoms with Crippen LogP contribution in [0.2, 0.25) is 0 Å². The molecule has 2 aromatic heterocycles. The van der Waals surface area contributed by atoms with Gasteiger partial charge in [-0.2, -0.15) is 4.98 Å². The molecule has 1 saturated heterocycles. The number of fused-ring (bicyclic) bond motifs is 1. The summed E-state index contributed by atoms with van der Waals surface area (Å²) in [6.45, 7) is 2.57. The maximum atomic E-state index is 12.8. The SMILES string of the molecule is CN(C)CCn1c(OC2CCN(C(=O)C3CC3)CC2)nc2c1c(=O)n(C)c(=O)n2C. The van der Waals surface area contributed by atoms with Crippen LogP contribution >= 0.6 is 0 Å². The predicted octanol–water partition coefficient (Wildman–Crippen LogP) is -0.225. The van der Waals surface area contributed by atoms with Gasteiger partial charge in [0.1, 0.15) is 6.10 Å². The Morgan fingerprint density at radius 3 is 2.37 bits per heavy atom. The number of hydrogen-bond acceptors (Lipinski definition) is 6. The van der Waals surface area contributed by atoms with E-state index >= 15 is 0 Å². The van der Waals surface area contributed by atoms with E-state index in [-0.39, 0.29) is 23.5 Å². The molecule has 0 spiro atoms. The Morgan fingerprint density at radius 2 is 1.77 bits per heavy atom. The fourth-order valence-corrected chi connectivity index (χ4v) is 3.96. The number of aryl methyl sites for hydroxylation is 1. The number of piperidine rings is 1. The molecule has 2 aliphatic rings. The van der Waals surface area contributed by atoms with Crippen LogP contribution in [0.15, 0.2) is 9.59 Å². The summed E-state index contributed by atoms with van der Waals surface area (Å²) in [6, 6.07) is 0.358. The van der Waals surface area contributed by atoms with Gasteiger partial charge in [-0.25, -0.2) is 4.79 Å². The van der Waals surface area contributed by atoms with Crippen LogP contribution < -0.4 is 16.0 Å². The first-order chi connectivity index (χ1) is 14.3. The van der Waals surface area contributed by atoms with Crippen LogP contribution in [0, 0.1) is 5.92 Å². The van der Waals surface area contributed by atoms with Crippen LogP contribution in [-0.2, 0) is 25.4 Å². The second-order valence-electron chi connectivity index (χ2n) is 8.64. The average molecular weight is 418 g/mol. The minimum Gasteiger partial charge on any atom is -0.461 e. The summed E-state index contributed by atoms with van der Waals surface area (Å²) in [5.74, 6) is 0.500. The van der Waals surface area contributed by atoms with E-state index in [0.717, 1.165) is 30.3 Å². The van der Waals surface area contributed by atoms with Gasteiger partial charge in [-0.1, -0.05) is 0 Å². The predicted molar refractivity (Wildman–Crippen MR) is 112 cm³/mol. The third-order valence-corrected chi connectivity index (χ3v) is 6.04. The molecule has 0 N–H and O–H groups in total. The van der Waals surface area contributed by atoms with E-state index in [9.17, 15) is 14.4 Å². The van der Waals surface area contributed by atoms with E-state index in [1.165, 1.54) is 11.6 Å². The summed E-state index contributed by atoms with van der Waals surface area (Å²) >= 11 is 0. The molecule has 164 valence electrons. The smallest absolute Gasteiger partial charge is 0.332 e. The van der Waals surface area contributed by atoms with Gasteiger partial charge in [0, 0.05) is 59.0 Å². The van der Waals surface area contributed by atoms with E-state index in [4.69, 9.17) is 4.74 Å². The minimum atomic E-state index is -0.414. The molecule has 30 heavy (non-hydrogen) atoms. The zero-order valence-corrected chi connectivity index (χ0v) is 18.1. The van der Waals surface area contributed by atoms with Gasteiger partial charge in [-0.05, 0) is 26.9 Å².